The van der Waals surface area contributed by atoms with Crippen molar-refractivity contribution < 1.29 is 9.90 Å². The molecule has 1 rings (SSSR count). The summed E-state index contributed by atoms with van der Waals surface area (Å²) >= 11 is 0. The van der Waals surface area contributed by atoms with E-state index in [1.54, 1.807) is 19.1 Å². The molecule has 76 valence electrons. The van der Waals surface area contributed by atoms with Crippen LogP contribution in [0.15, 0.2) is 30.3 Å². The molecule has 0 saturated heterocycles. The summed E-state index contributed by atoms with van der Waals surface area (Å²) in [5.41, 5.74) is -0.596. The molecule has 1 aromatic rings. The van der Waals surface area contributed by atoms with Gasteiger partial charge in [-0.05, 0) is 25.5 Å². The fourth-order valence-electron chi connectivity index (χ4n) is 0.948. The van der Waals surface area contributed by atoms with Crippen LogP contribution in [0.1, 0.15) is 20.3 Å². The Balaban J connectivity index is 2.67. The second kappa shape index (κ2) is 4.24. The molecule has 0 aliphatic carbocycles. The molecule has 14 heavy (non-hydrogen) atoms. The van der Waals surface area contributed by atoms with Gasteiger partial charge in [0.05, 0.1) is 0 Å². The predicted molar refractivity (Wildman–Crippen MR) is 56.0 cm³/mol. The molecule has 1 amide bonds. The van der Waals surface area contributed by atoms with Crippen LogP contribution < -0.4 is 5.32 Å². The van der Waals surface area contributed by atoms with Crippen LogP contribution >= 0.6 is 0 Å². The highest BCUT2D eigenvalue weighted by atomic mass is 16.3. The van der Waals surface area contributed by atoms with Crippen LogP contribution in [0, 0.1) is 0 Å². The third-order valence-corrected chi connectivity index (χ3v) is 2.21. The summed E-state index contributed by atoms with van der Waals surface area (Å²) in [5, 5.41) is 12.3. The van der Waals surface area contributed by atoms with E-state index >= 15 is 0 Å². The van der Waals surface area contributed by atoms with Gasteiger partial charge in [-0.25, -0.2) is 0 Å². The molecule has 0 saturated carbocycles. The van der Waals surface area contributed by atoms with Gasteiger partial charge in [-0.15, -0.1) is 0 Å². The van der Waals surface area contributed by atoms with Gasteiger partial charge < -0.3 is 10.4 Å². The Hall–Kier alpha value is -1.35. The number of hydrogen-bond acceptors (Lipinski definition) is 2. The quantitative estimate of drug-likeness (QED) is 0.768. The van der Waals surface area contributed by atoms with E-state index in [0.717, 1.165) is 0 Å². The third kappa shape index (κ3) is 2.57. The van der Waals surface area contributed by atoms with E-state index in [9.17, 15) is 9.90 Å². The van der Waals surface area contributed by atoms with Crippen LogP contribution in [-0.2, 0) is 4.79 Å². The predicted octanol–water partition coefficient (Wildman–Crippen LogP) is 1.79. The number of amides is 1. The standard InChI is InChI=1S/C11H15NO2/c1-3-11(2,14)10(13)12-9-7-5-4-6-8-9/h4-8,14H,3H2,1-2H3,(H,12,13)/t11-/m0/s1. The van der Waals surface area contributed by atoms with Gasteiger partial charge in [0, 0.05) is 5.69 Å². The number of benzene rings is 1. The summed E-state index contributed by atoms with van der Waals surface area (Å²) in [4.78, 5) is 11.5. The highest BCUT2D eigenvalue weighted by Crippen LogP contribution is 2.13. The normalized spacial score (nSPS) is 14.5. The highest BCUT2D eigenvalue weighted by Gasteiger charge is 2.27. The van der Waals surface area contributed by atoms with Crippen LogP contribution in [0.2, 0.25) is 0 Å². The first-order valence-corrected chi connectivity index (χ1v) is 4.65. The van der Waals surface area contributed by atoms with Gasteiger partial charge in [0.2, 0.25) is 0 Å². The molecule has 2 N–H and O–H groups in total. The van der Waals surface area contributed by atoms with Crippen LogP contribution in [-0.4, -0.2) is 16.6 Å². The number of hydrogen-bond donors (Lipinski definition) is 2. The largest absolute Gasteiger partial charge is 0.380 e. The second-order valence-corrected chi connectivity index (χ2v) is 3.45. The molecule has 3 nitrogen and oxygen atoms in total. The minimum absolute atomic E-state index is 0.369. The van der Waals surface area contributed by atoms with Gasteiger partial charge >= 0.3 is 0 Å². The van der Waals surface area contributed by atoms with E-state index in [-0.39, 0.29) is 5.91 Å². The zero-order chi connectivity index (χ0) is 10.6. The lowest BCUT2D eigenvalue weighted by Gasteiger charge is -2.20. The third-order valence-electron chi connectivity index (χ3n) is 2.21. The molecule has 0 aliphatic heterocycles. The summed E-state index contributed by atoms with van der Waals surface area (Å²) in [5.74, 6) is -0.369. The van der Waals surface area contributed by atoms with Gasteiger partial charge in [0.15, 0.2) is 0 Å². The number of carbonyl (C=O) groups is 1. The Labute approximate surface area is 83.8 Å². The lowest BCUT2D eigenvalue weighted by atomic mass is 10.0. The van der Waals surface area contributed by atoms with E-state index in [1.165, 1.54) is 6.92 Å². The number of para-hydroxylation sites is 1. The van der Waals surface area contributed by atoms with Crippen molar-refractivity contribution in [3.8, 4) is 0 Å². The highest BCUT2D eigenvalue weighted by molar-refractivity contribution is 5.96. The summed E-state index contributed by atoms with van der Waals surface area (Å²) in [6.07, 6.45) is 0.395. The number of rotatable bonds is 3. The minimum Gasteiger partial charge on any atom is -0.380 e. The molecule has 0 radical (unpaired) electrons. The molecule has 0 aromatic heterocycles. The first-order valence-electron chi connectivity index (χ1n) is 4.65. The van der Waals surface area contributed by atoms with Crippen molar-refractivity contribution >= 4 is 11.6 Å². The summed E-state index contributed by atoms with van der Waals surface area (Å²) in [6.45, 7) is 3.27. The van der Waals surface area contributed by atoms with Crippen LogP contribution in [0.25, 0.3) is 0 Å². The summed E-state index contributed by atoms with van der Waals surface area (Å²) in [7, 11) is 0. The van der Waals surface area contributed by atoms with E-state index in [2.05, 4.69) is 5.32 Å². The second-order valence-electron chi connectivity index (χ2n) is 3.45. The average Bonchev–Trinajstić information content (AvgIpc) is 2.19. The van der Waals surface area contributed by atoms with Gasteiger partial charge in [0.25, 0.3) is 5.91 Å². The Kier molecular flexibility index (Phi) is 3.25. The number of aliphatic hydroxyl groups is 1. The molecule has 3 heteroatoms. The molecule has 0 unspecified atom stereocenters. The van der Waals surface area contributed by atoms with Crippen molar-refractivity contribution in [2.75, 3.05) is 5.32 Å². The molecule has 1 atom stereocenters. The molecule has 0 heterocycles. The zero-order valence-electron chi connectivity index (χ0n) is 8.45. The lowest BCUT2D eigenvalue weighted by Crippen LogP contribution is -2.39. The van der Waals surface area contributed by atoms with E-state index in [4.69, 9.17) is 0 Å². The van der Waals surface area contributed by atoms with Crippen molar-refractivity contribution in [3.05, 3.63) is 30.3 Å². The molecular weight excluding hydrogens is 178 g/mol. The van der Waals surface area contributed by atoms with Crippen molar-refractivity contribution in [2.45, 2.75) is 25.9 Å². The van der Waals surface area contributed by atoms with Crippen LogP contribution in [0.5, 0.6) is 0 Å². The molecule has 0 spiro atoms. The van der Waals surface area contributed by atoms with Gasteiger partial charge in [-0.1, -0.05) is 25.1 Å². The monoisotopic (exact) mass is 193 g/mol. The average molecular weight is 193 g/mol. The fourth-order valence-corrected chi connectivity index (χ4v) is 0.948. The Morgan fingerprint density at radius 1 is 1.43 bits per heavy atom. The number of carbonyl (C=O) groups excluding carboxylic acids is 1. The Bertz CT molecular complexity index is 306. The molecule has 1 aromatic carbocycles. The fraction of sp³-hybridized carbons (Fsp3) is 0.364. The molecule has 0 bridgehead atoms. The molecular formula is C11H15NO2. The van der Waals surface area contributed by atoms with Gasteiger partial charge in [0.1, 0.15) is 5.60 Å². The van der Waals surface area contributed by atoms with Gasteiger partial charge in [-0.3, -0.25) is 4.79 Å². The molecule has 0 aliphatic rings. The Morgan fingerprint density at radius 3 is 2.50 bits per heavy atom. The van der Waals surface area contributed by atoms with E-state index < -0.39 is 5.60 Å². The maximum absolute atomic E-state index is 11.5. The summed E-state index contributed by atoms with van der Waals surface area (Å²) in [6, 6.07) is 9.09. The van der Waals surface area contributed by atoms with Crippen molar-refractivity contribution in [3.63, 3.8) is 0 Å². The first kappa shape index (κ1) is 10.7. The maximum atomic E-state index is 11.5. The van der Waals surface area contributed by atoms with Crippen molar-refractivity contribution in [1.82, 2.24) is 0 Å². The van der Waals surface area contributed by atoms with Crippen LogP contribution in [0.3, 0.4) is 0 Å². The van der Waals surface area contributed by atoms with Gasteiger partial charge in [-0.2, -0.15) is 0 Å². The van der Waals surface area contributed by atoms with Crippen molar-refractivity contribution in [1.29, 1.82) is 0 Å². The van der Waals surface area contributed by atoms with Crippen molar-refractivity contribution in [2.24, 2.45) is 0 Å². The zero-order valence-corrected chi connectivity index (χ0v) is 8.45. The molecule has 0 fully saturated rings. The number of nitrogens with one attached hydrogen (secondary N) is 1. The number of anilines is 1. The maximum Gasteiger partial charge on any atom is 0.256 e. The minimum atomic E-state index is -1.30. The Morgan fingerprint density at radius 2 is 2.00 bits per heavy atom. The first-order chi connectivity index (χ1) is 6.56. The van der Waals surface area contributed by atoms with E-state index in [0.29, 0.717) is 12.1 Å². The van der Waals surface area contributed by atoms with Crippen LogP contribution in [0.4, 0.5) is 5.69 Å². The smallest absolute Gasteiger partial charge is 0.256 e. The lowest BCUT2D eigenvalue weighted by molar-refractivity contribution is -0.132. The summed E-state index contributed by atoms with van der Waals surface area (Å²) < 4.78 is 0. The van der Waals surface area contributed by atoms with E-state index in [1.807, 2.05) is 18.2 Å². The topological polar surface area (TPSA) is 49.3 Å². The SMILES string of the molecule is CC[C@](C)(O)C(=O)Nc1ccccc1.